The average molecular weight is 303 g/mol. The number of methoxy groups -OCH3 is 1. The third kappa shape index (κ3) is 3.98. The smallest absolute Gasteiger partial charge is 0.122 e. The van der Waals surface area contributed by atoms with E-state index in [1.54, 1.807) is 7.11 Å². The molecule has 96 valence electrons. The van der Waals surface area contributed by atoms with Crippen LogP contribution in [0.15, 0.2) is 22.7 Å². The van der Waals surface area contributed by atoms with Gasteiger partial charge in [0, 0.05) is 10.9 Å². The van der Waals surface area contributed by atoms with Gasteiger partial charge in [-0.2, -0.15) is 0 Å². The number of aliphatic hydroxyl groups excluding tert-OH is 2. The van der Waals surface area contributed by atoms with Crippen LogP contribution in [0.1, 0.15) is 19.4 Å². The summed E-state index contributed by atoms with van der Waals surface area (Å²) in [5, 5.41) is 19.7. The van der Waals surface area contributed by atoms with E-state index in [2.05, 4.69) is 15.9 Å². The molecule has 0 heterocycles. The van der Waals surface area contributed by atoms with Gasteiger partial charge in [0.1, 0.15) is 5.75 Å². The van der Waals surface area contributed by atoms with Gasteiger partial charge in [0.25, 0.3) is 0 Å². The minimum Gasteiger partial charge on any atom is -0.496 e. The number of aliphatic hydroxyl groups is 2. The summed E-state index contributed by atoms with van der Waals surface area (Å²) in [5.41, 5.74) is 0.883. The van der Waals surface area contributed by atoms with Gasteiger partial charge in [-0.1, -0.05) is 29.8 Å². The third-order valence-electron chi connectivity index (χ3n) is 2.75. The summed E-state index contributed by atoms with van der Waals surface area (Å²) in [4.78, 5) is 0. The van der Waals surface area contributed by atoms with E-state index in [0.717, 1.165) is 15.8 Å². The molecule has 2 atom stereocenters. The molecule has 0 fully saturated rings. The van der Waals surface area contributed by atoms with Gasteiger partial charge in [0.2, 0.25) is 0 Å². The van der Waals surface area contributed by atoms with Crippen LogP contribution in [0.4, 0.5) is 0 Å². The summed E-state index contributed by atoms with van der Waals surface area (Å²) in [6, 6.07) is 5.62. The Morgan fingerprint density at radius 2 is 1.94 bits per heavy atom. The summed E-state index contributed by atoms with van der Waals surface area (Å²) in [6.07, 6.45) is -1.13. The van der Waals surface area contributed by atoms with E-state index in [0.29, 0.717) is 6.42 Å². The first kappa shape index (κ1) is 14.5. The molecule has 1 aromatic carbocycles. The standard InChI is InChI=1S/C13H19BrO3/c1-8(2)13(16)11(15)7-9-6-10(14)4-5-12(9)17-3/h4-6,8,11,13,15-16H,7H2,1-3H3. The molecule has 0 aliphatic carbocycles. The van der Waals surface area contributed by atoms with Crippen molar-refractivity contribution < 1.29 is 14.9 Å². The molecular formula is C13H19BrO3. The lowest BCUT2D eigenvalue weighted by Crippen LogP contribution is -2.32. The second-order valence-electron chi connectivity index (χ2n) is 4.46. The summed E-state index contributed by atoms with van der Waals surface area (Å²) < 4.78 is 6.16. The lowest BCUT2D eigenvalue weighted by atomic mass is 9.96. The zero-order chi connectivity index (χ0) is 13.0. The molecule has 17 heavy (non-hydrogen) atoms. The van der Waals surface area contributed by atoms with Crippen LogP contribution < -0.4 is 4.74 Å². The summed E-state index contributed by atoms with van der Waals surface area (Å²) in [6.45, 7) is 3.76. The lowest BCUT2D eigenvalue weighted by Gasteiger charge is -2.22. The Kier molecular flexibility index (Phi) is 5.43. The summed E-state index contributed by atoms with van der Waals surface area (Å²) >= 11 is 3.38. The monoisotopic (exact) mass is 302 g/mol. The van der Waals surface area contributed by atoms with E-state index in [9.17, 15) is 10.2 Å². The maximum absolute atomic E-state index is 9.93. The van der Waals surface area contributed by atoms with Gasteiger partial charge in [0.05, 0.1) is 19.3 Å². The number of benzene rings is 1. The van der Waals surface area contributed by atoms with Crippen LogP contribution in [-0.2, 0) is 6.42 Å². The summed E-state index contributed by atoms with van der Waals surface area (Å²) in [7, 11) is 1.60. The van der Waals surface area contributed by atoms with Crippen molar-refractivity contribution in [1.82, 2.24) is 0 Å². The number of rotatable bonds is 5. The molecule has 4 heteroatoms. The van der Waals surface area contributed by atoms with Crippen molar-refractivity contribution in [1.29, 1.82) is 0 Å². The van der Waals surface area contributed by atoms with Crippen molar-refractivity contribution in [2.75, 3.05) is 7.11 Å². The molecule has 0 amide bonds. The highest BCUT2D eigenvalue weighted by atomic mass is 79.9. The minimum atomic E-state index is -0.779. The molecule has 0 saturated heterocycles. The van der Waals surface area contributed by atoms with E-state index < -0.39 is 12.2 Å². The molecule has 0 aliphatic rings. The Labute approximate surface area is 111 Å². The van der Waals surface area contributed by atoms with Crippen LogP contribution in [0.3, 0.4) is 0 Å². The highest BCUT2D eigenvalue weighted by Crippen LogP contribution is 2.25. The predicted molar refractivity (Wildman–Crippen MR) is 71.2 cm³/mol. The van der Waals surface area contributed by atoms with Crippen molar-refractivity contribution in [3.05, 3.63) is 28.2 Å². The van der Waals surface area contributed by atoms with E-state index in [-0.39, 0.29) is 5.92 Å². The van der Waals surface area contributed by atoms with Gasteiger partial charge in [-0.25, -0.2) is 0 Å². The highest BCUT2D eigenvalue weighted by molar-refractivity contribution is 9.10. The average Bonchev–Trinajstić information content (AvgIpc) is 2.28. The van der Waals surface area contributed by atoms with Crippen molar-refractivity contribution in [2.24, 2.45) is 5.92 Å². The zero-order valence-electron chi connectivity index (χ0n) is 10.4. The van der Waals surface area contributed by atoms with E-state index in [1.165, 1.54) is 0 Å². The predicted octanol–water partition coefficient (Wildman–Crippen LogP) is 2.38. The van der Waals surface area contributed by atoms with Crippen molar-refractivity contribution in [2.45, 2.75) is 32.5 Å². The van der Waals surface area contributed by atoms with E-state index >= 15 is 0 Å². The largest absolute Gasteiger partial charge is 0.496 e. The first-order valence-electron chi connectivity index (χ1n) is 5.64. The third-order valence-corrected chi connectivity index (χ3v) is 3.24. The first-order chi connectivity index (χ1) is 7.95. The maximum atomic E-state index is 9.93. The van der Waals surface area contributed by atoms with E-state index in [1.807, 2.05) is 32.0 Å². The summed E-state index contributed by atoms with van der Waals surface area (Å²) in [5.74, 6) is 0.756. The van der Waals surface area contributed by atoms with Gasteiger partial charge in [-0.05, 0) is 29.7 Å². The van der Waals surface area contributed by atoms with E-state index in [4.69, 9.17) is 4.74 Å². The molecule has 2 N–H and O–H groups in total. The van der Waals surface area contributed by atoms with Gasteiger partial charge >= 0.3 is 0 Å². The molecular weight excluding hydrogens is 284 g/mol. The Balaban J connectivity index is 2.83. The molecule has 1 rings (SSSR count). The molecule has 1 aromatic rings. The zero-order valence-corrected chi connectivity index (χ0v) is 11.9. The number of ether oxygens (including phenoxy) is 1. The SMILES string of the molecule is COc1ccc(Br)cc1CC(O)C(O)C(C)C. The Morgan fingerprint density at radius 3 is 2.47 bits per heavy atom. The van der Waals surface area contributed by atoms with Crippen LogP contribution in [-0.4, -0.2) is 29.5 Å². The second-order valence-corrected chi connectivity index (χ2v) is 5.38. The van der Waals surface area contributed by atoms with Crippen LogP contribution in [0, 0.1) is 5.92 Å². The Morgan fingerprint density at radius 1 is 1.29 bits per heavy atom. The molecule has 0 spiro atoms. The molecule has 0 saturated carbocycles. The lowest BCUT2D eigenvalue weighted by molar-refractivity contribution is -0.00755. The topological polar surface area (TPSA) is 49.7 Å². The van der Waals surface area contributed by atoms with Crippen molar-refractivity contribution in [3.63, 3.8) is 0 Å². The van der Waals surface area contributed by atoms with Crippen LogP contribution >= 0.6 is 15.9 Å². The van der Waals surface area contributed by atoms with Gasteiger partial charge < -0.3 is 14.9 Å². The fourth-order valence-corrected chi connectivity index (χ4v) is 2.11. The molecule has 2 unspecified atom stereocenters. The number of hydrogen-bond donors (Lipinski definition) is 2. The Bertz CT molecular complexity index is 366. The van der Waals surface area contributed by atoms with Gasteiger partial charge in [0.15, 0.2) is 0 Å². The Hall–Kier alpha value is -0.580. The van der Waals surface area contributed by atoms with Crippen molar-refractivity contribution in [3.8, 4) is 5.75 Å². The normalized spacial score (nSPS) is 14.8. The molecule has 3 nitrogen and oxygen atoms in total. The quantitative estimate of drug-likeness (QED) is 0.878. The molecule has 0 radical (unpaired) electrons. The second kappa shape index (κ2) is 6.38. The minimum absolute atomic E-state index is 0.0307. The molecule has 0 aromatic heterocycles. The van der Waals surface area contributed by atoms with Crippen LogP contribution in [0.5, 0.6) is 5.75 Å². The van der Waals surface area contributed by atoms with Crippen LogP contribution in [0.25, 0.3) is 0 Å². The molecule has 0 aliphatic heterocycles. The maximum Gasteiger partial charge on any atom is 0.122 e. The first-order valence-corrected chi connectivity index (χ1v) is 6.43. The highest BCUT2D eigenvalue weighted by Gasteiger charge is 2.21. The molecule has 0 bridgehead atoms. The van der Waals surface area contributed by atoms with Gasteiger partial charge in [-0.3, -0.25) is 0 Å². The van der Waals surface area contributed by atoms with Crippen molar-refractivity contribution >= 4 is 15.9 Å². The number of halogens is 1. The van der Waals surface area contributed by atoms with Gasteiger partial charge in [-0.15, -0.1) is 0 Å². The number of hydrogen-bond acceptors (Lipinski definition) is 3. The fourth-order valence-electron chi connectivity index (χ4n) is 1.70. The van der Waals surface area contributed by atoms with Crippen LogP contribution in [0.2, 0.25) is 0 Å². The fraction of sp³-hybridized carbons (Fsp3) is 0.538.